The molecule has 1 amide bonds. The van der Waals surface area contributed by atoms with Crippen LogP contribution in [0.1, 0.15) is 23.0 Å². The van der Waals surface area contributed by atoms with Crippen LogP contribution >= 0.6 is 0 Å². The minimum Gasteiger partial charge on any atom is -0.392 e. The highest BCUT2D eigenvalue weighted by Crippen LogP contribution is 2.16. The van der Waals surface area contributed by atoms with Gasteiger partial charge in [0.15, 0.2) is 0 Å². The fourth-order valence-electron chi connectivity index (χ4n) is 1.86. The highest BCUT2D eigenvalue weighted by molar-refractivity contribution is 6.03. The maximum absolute atomic E-state index is 12.1. The van der Waals surface area contributed by atoms with Crippen LogP contribution in [0.2, 0.25) is 0 Å². The molecule has 0 radical (unpaired) electrons. The molecule has 0 spiro atoms. The first-order valence-corrected chi connectivity index (χ1v) is 5.91. The molecule has 2 aromatic rings. The average molecular weight is 244 g/mol. The third kappa shape index (κ3) is 2.43. The summed E-state index contributed by atoms with van der Waals surface area (Å²) < 4.78 is 1.87. The number of carbonyl (C=O) groups excluding carboxylic acids is 1. The van der Waals surface area contributed by atoms with Crippen LogP contribution in [0.5, 0.6) is 0 Å². The number of aryl methyl sites for hydroxylation is 1. The number of aliphatic hydroxyl groups excluding tert-OH is 1. The second kappa shape index (κ2) is 5.51. The fourth-order valence-corrected chi connectivity index (χ4v) is 1.86. The van der Waals surface area contributed by atoms with Crippen molar-refractivity contribution in [3.63, 3.8) is 0 Å². The van der Waals surface area contributed by atoms with Crippen LogP contribution in [0.25, 0.3) is 0 Å². The van der Waals surface area contributed by atoms with Gasteiger partial charge in [-0.2, -0.15) is 0 Å². The SMILES string of the molecule is CCn1cccc1C(=O)Nc1ccccc1CO. The summed E-state index contributed by atoms with van der Waals surface area (Å²) in [5.41, 5.74) is 1.97. The molecule has 94 valence electrons. The van der Waals surface area contributed by atoms with E-state index in [0.29, 0.717) is 16.9 Å². The number of aliphatic hydroxyl groups is 1. The van der Waals surface area contributed by atoms with Crippen molar-refractivity contribution >= 4 is 11.6 Å². The lowest BCUT2D eigenvalue weighted by atomic mass is 10.2. The van der Waals surface area contributed by atoms with Gasteiger partial charge in [0.2, 0.25) is 0 Å². The number of para-hydroxylation sites is 1. The Labute approximate surface area is 106 Å². The molecular weight excluding hydrogens is 228 g/mol. The van der Waals surface area contributed by atoms with Crippen molar-refractivity contribution in [2.24, 2.45) is 0 Å². The molecule has 1 aromatic carbocycles. The van der Waals surface area contributed by atoms with E-state index in [9.17, 15) is 9.90 Å². The molecule has 0 atom stereocenters. The summed E-state index contributed by atoms with van der Waals surface area (Å²) in [6.45, 7) is 2.64. The van der Waals surface area contributed by atoms with Crippen LogP contribution in [0.15, 0.2) is 42.6 Å². The Morgan fingerprint density at radius 1 is 1.28 bits per heavy atom. The minimum atomic E-state index is -0.164. The van der Waals surface area contributed by atoms with Crippen molar-refractivity contribution < 1.29 is 9.90 Å². The van der Waals surface area contributed by atoms with Gasteiger partial charge in [0.05, 0.1) is 6.61 Å². The second-order valence-corrected chi connectivity index (χ2v) is 3.95. The first-order chi connectivity index (χ1) is 8.76. The Hall–Kier alpha value is -2.07. The van der Waals surface area contributed by atoms with Crippen molar-refractivity contribution in [3.05, 3.63) is 53.9 Å². The molecule has 1 heterocycles. The van der Waals surface area contributed by atoms with Crippen LogP contribution < -0.4 is 5.32 Å². The standard InChI is InChI=1S/C14H16N2O2/c1-2-16-9-5-8-13(16)14(18)15-12-7-4-3-6-11(12)10-17/h3-9,17H,2,10H2,1H3,(H,15,18). The van der Waals surface area contributed by atoms with E-state index >= 15 is 0 Å². The van der Waals surface area contributed by atoms with E-state index in [2.05, 4.69) is 5.32 Å². The van der Waals surface area contributed by atoms with Crippen LogP contribution in [0.4, 0.5) is 5.69 Å². The Balaban J connectivity index is 2.21. The number of rotatable bonds is 4. The summed E-state index contributed by atoms with van der Waals surface area (Å²) in [5, 5.41) is 12.0. The van der Waals surface area contributed by atoms with Gasteiger partial charge < -0.3 is 15.0 Å². The predicted octanol–water partition coefficient (Wildman–Crippen LogP) is 2.25. The van der Waals surface area contributed by atoms with Crippen LogP contribution in [0, 0.1) is 0 Å². The lowest BCUT2D eigenvalue weighted by Gasteiger charge is -2.10. The number of hydrogen-bond donors (Lipinski definition) is 2. The van der Waals surface area contributed by atoms with Crippen molar-refractivity contribution in [2.45, 2.75) is 20.1 Å². The summed E-state index contributed by atoms with van der Waals surface area (Å²) in [4.78, 5) is 12.1. The van der Waals surface area contributed by atoms with Gasteiger partial charge in [0.1, 0.15) is 5.69 Å². The number of nitrogens with one attached hydrogen (secondary N) is 1. The van der Waals surface area contributed by atoms with E-state index in [1.54, 1.807) is 18.2 Å². The highest BCUT2D eigenvalue weighted by atomic mass is 16.3. The second-order valence-electron chi connectivity index (χ2n) is 3.95. The molecule has 0 bridgehead atoms. The fraction of sp³-hybridized carbons (Fsp3) is 0.214. The highest BCUT2D eigenvalue weighted by Gasteiger charge is 2.11. The van der Waals surface area contributed by atoms with E-state index in [1.807, 2.05) is 35.9 Å². The van der Waals surface area contributed by atoms with Crippen molar-refractivity contribution in [2.75, 3.05) is 5.32 Å². The van der Waals surface area contributed by atoms with E-state index in [1.165, 1.54) is 0 Å². The predicted molar refractivity (Wildman–Crippen MR) is 70.4 cm³/mol. The molecular formula is C14H16N2O2. The number of nitrogens with zero attached hydrogens (tertiary/aromatic N) is 1. The molecule has 1 aromatic heterocycles. The molecule has 18 heavy (non-hydrogen) atoms. The third-order valence-electron chi connectivity index (χ3n) is 2.84. The number of anilines is 1. The van der Waals surface area contributed by atoms with E-state index in [4.69, 9.17) is 0 Å². The molecule has 0 aliphatic rings. The lowest BCUT2D eigenvalue weighted by Crippen LogP contribution is -2.17. The normalized spacial score (nSPS) is 10.3. The van der Waals surface area contributed by atoms with Crippen molar-refractivity contribution in [3.8, 4) is 0 Å². The van der Waals surface area contributed by atoms with Gasteiger partial charge in [-0.25, -0.2) is 0 Å². The van der Waals surface area contributed by atoms with Gasteiger partial charge in [-0.3, -0.25) is 4.79 Å². The van der Waals surface area contributed by atoms with E-state index < -0.39 is 0 Å². The van der Waals surface area contributed by atoms with Crippen LogP contribution in [-0.2, 0) is 13.2 Å². The number of hydrogen-bond acceptors (Lipinski definition) is 2. The molecule has 0 aliphatic heterocycles. The molecule has 0 fully saturated rings. The third-order valence-corrected chi connectivity index (χ3v) is 2.84. The molecule has 0 saturated carbocycles. The van der Waals surface area contributed by atoms with E-state index in [0.717, 1.165) is 6.54 Å². The topological polar surface area (TPSA) is 54.3 Å². The van der Waals surface area contributed by atoms with Gasteiger partial charge in [-0.05, 0) is 25.1 Å². The summed E-state index contributed by atoms with van der Waals surface area (Å²) in [7, 11) is 0. The maximum atomic E-state index is 12.1. The van der Waals surface area contributed by atoms with Gasteiger partial charge in [-0.1, -0.05) is 18.2 Å². The average Bonchev–Trinajstić information content (AvgIpc) is 2.87. The Morgan fingerprint density at radius 2 is 2.06 bits per heavy atom. The van der Waals surface area contributed by atoms with Crippen LogP contribution in [-0.4, -0.2) is 15.6 Å². The Morgan fingerprint density at radius 3 is 2.78 bits per heavy atom. The molecule has 0 unspecified atom stereocenters. The quantitative estimate of drug-likeness (QED) is 0.866. The summed E-state index contributed by atoms with van der Waals surface area (Å²) in [6.07, 6.45) is 1.87. The van der Waals surface area contributed by atoms with Gasteiger partial charge in [0, 0.05) is 24.0 Å². The minimum absolute atomic E-state index is 0.0920. The zero-order valence-corrected chi connectivity index (χ0v) is 10.3. The van der Waals surface area contributed by atoms with Crippen molar-refractivity contribution in [1.82, 2.24) is 4.57 Å². The molecule has 0 aliphatic carbocycles. The molecule has 0 saturated heterocycles. The number of carbonyl (C=O) groups is 1. The molecule has 2 N–H and O–H groups in total. The lowest BCUT2D eigenvalue weighted by molar-refractivity contribution is 0.101. The number of benzene rings is 1. The largest absolute Gasteiger partial charge is 0.392 e. The molecule has 4 nitrogen and oxygen atoms in total. The monoisotopic (exact) mass is 244 g/mol. The van der Waals surface area contributed by atoms with Crippen molar-refractivity contribution in [1.29, 1.82) is 0 Å². The number of aromatic nitrogens is 1. The van der Waals surface area contributed by atoms with Gasteiger partial charge in [0.25, 0.3) is 5.91 Å². The zero-order valence-electron chi connectivity index (χ0n) is 10.3. The van der Waals surface area contributed by atoms with Gasteiger partial charge >= 0.3 is 0 Å². The summed E-state index contributed by atoms with van der Waals surface area (Å²) in [5.74, 6) is -0.164. The molecule has 2 rings (SSSR count). The molecule has 4 heteroatoms. The van der Waals surface area contributed by atoms with Crippen LogP contribution in [0.3, 0.4) is 0 Å². The first kappa shape index (κ1) is 12.4. The van der Waals surface area contributed by atoms with Gasteiger partial charge in [-0.15, -0.1) is 0 Å². The zero-order chi connectivity index (χ0) is 13.0. The maximum Gasteiger partial charge on any atom is 0.272 e. The smallest absolute Gasteiger partial charge is 0.272 e. The Kier molecular flexibility index (Phi) is 3.79. The summed E-state index contributed by atoms with van der Waals surface area (Å²) in [6, 6.07) is 10.8. The Bertz CT molecular complexity index is 546. The number of amides is 1. The first-order valence-electron chi connectivity index (χ1n) is 5.91. The van der Waals surface area contributed by atoms with E-state index in [-0.39, 0.29) is 12.5 Å². The summed E-state index contributed by atoms with van der Waals surface area (Å²) >= 11 is 0.